The Morgan fingerprint density at radius 2 is 0.594 bits per heavy atom. The highest BCUT2D eigenvalue weighted by Gasteiger charge is 2.26. The van der Waals surface area contributed by atoms with Gasteiger partial charge in [0.05, 0.1) is 98.1 Å². The number of fused-ring (bicyclic) bond motifs is 12. The molecule has 14 aromatic rings. The van der Waals surface area contributed by atoms with Crippen molar-refractivity contribution < 1.29 is 37.0 Å². The van der Waals surface area contributed by atoms with Crippen molar-refractivity contribution in [2.75, 3.05) is 0 Å². The summed E-state index contributed by atoms with van der Waals surface area (Å²) in [6.07, 6.45) is 0. The maximum Gasteiger partial charge on any atom is 0.240 e. The number of rotatable bonds is 5. The van der Waals surface area contributed by atoms with Crippen molar-refractivity contribution in [1.82, 2.24) is 33.2 Å². The fourth-order valence-electron chi connectivity index (χ4n) is 8.64. The Morgan fingerprint density at radius 1 is 0.281 bits per heavy atom. The molecule has 0 spiro atoms. The van der Waals surface area contributed by atoms with Gasteiger partial charge in [-0.3, -0.25) is 9.13 Å². The Balaban J connectivity index is 1.34. The van der Waals surface area contributed by atoms with E-state index in [1.807, 2.05) is 0 Å². The molecule has 5 aromatic heterocycles. The summed E-state index contributed by atoms with van der Waals surface area (Å²) in [6.45, 7) is 0. The van der Waals surface area contributed by atoms with Crippen LogP contribution < -0.4 is 0 Å². The molecular weight excluding hydrogens is 783 g/mol. The smallest absolute Gasteiger partial charge is 0.240 e. The summed E-state index contributed by atoms with van der Waals surface area (Å²) in [5, 5.41) is -1.98. The minimum atomic E-state index is -1.12. The maximum atomic E-state index is 10.2. The van der Waals surface area contributed by atoms with E-state index in [0.29, 0.717) is 0 Å². The van der Waals surface area contributed by atoms with Crippen LogP contribution in [0.5, 0.6) is 0 Å². The van der Waals surface area contributed by atoms with Crippen molar-refractivity contribution in [1.29, 1.82) is 0 Å². The fraction of sp³-hybridized carbons (Fsp3) is 0. The summed E-state index contributed by atoms with van der Waals surface area (Å²) in [5.41, 5.74) is -5.66. The van der Waals surface area contributed by atoms with Crippen LogP contribution in [0.1, 0.15) is 37.0 Å². The van der Waals surface area contributed by atoms with Gasteiger partial charge in [-0.15, -0.1) is 0 Å². The van der Waals surface area contributed by atoms with Gasteiger partial charge in [0, 0.05) is 43.1 Å². The molecular formula is C57H35N7. The van der Waals surface area contributed by atoms with Gasteiger partial charge >= 0.3 is 0 Å². The molecule has 7 nitrogen and oxygen atoms in total. The second-order valence-corrected chi connectivity index (χ2v) is 14.4. The monoisotopic (exact) mass is 844 g/mol. The minimum absolute atomic E-state index is 0.0694. The maximum absolute atomic E-state index is 10.2. The Hall–Kier alpha value is -8.81. The highest BCUT2D eigenvalue weighted by atomic mass is 15.3. The van der Waals surface area contributed by atoms with Crippen molar-refractivity contribution >= 4 is 87.2 Å². The Morgan fingerprint density at radius 3 is 0.969 bits per heavy atom. The lowest BCUT2D eigenvalue weighted by Crippen LogP contribution is -2.12. The van der Waals surface area contributed by atoms with Crippen LogP contribution in [0.3, 0.4) is 0 Å². The predicted molar refractivity (Wildman–Crippen MR) is 263 cm³/mol. The van der Waals surface area contributed by atoms with Gasteiger partial charge in [-0.25, -0.2) is 0 Å². The summed E-state index contributed by atoms with van der Waals surface area (Å²) in [4.78, 5) is 15.0. The number of hydrogen-bond donors (Lipinski definition) is 0. The molecule has 0 amide bonds. The predicted octanol–water partition coefficient (Wildman–Crippen LogP) is 13.9. The van der Waals surface area contributed by atoms with E-state index < -0.39 is 241 Å². The third kappa shape index (κ3) is 4.83. The van der Waals surface area contributed by atoms with Gasteiger partial charge in [0.15, 0.2) is 5.82 Å². The summed E-state index contributed by atoms with van der Waals surface area (Å²) >= 11 is 0. The first-order valence-corrected chi connectivity index (χ1v) is 19.4. The molecule has 0 N–H and O–H groups in total. The molecule has 14 rings (SSSR count). The molecule has 64 heavy (non-hydrogen) atoms. The number of aromatic nitrogens is 7. The normalized spacial score (nSPS) is 18.0. The van der Waals surface area contributed by atoms with Crippen molar-refractivity contribution in [3.05, 3.63) is 212 Å². The van der Waals surface area contributed by atoms with Gasteiger partial charge in [0.25, 0.3) is 0 Å². The van der Waals surface area contributed by atoms with E-state index in [-0.39, 0.29) is 43.6 Å². The molecule has 0 atom stereocenters. The second-order valence-electron chi connectivity index (χ2n) is 14.4. The van der Waals surface area contributed by atoms with E-state index >= 15 is 0 Å². The number of nitrogens with zero attached hydrogens (tertiary/aromatic N) is 7. The molecule has 0 unspecified atom stereocenters. The second kappa shape index (κ2) is 13.3. The van der Waals surface area contributed by atoms with E-state index in [0.717, 1.165) is 9.13 Å². The molecule has 0 saturated heterocycles. The lowest BCUT2D eigenvalue weighted by Gasteiger charge is -2.20. The van der Waals surface area contributed by atoms with Crippen LogP contribution in [0, 0.1) is 0 Å². The summed E-state index contributed by atoms with van der Waals surface area (Å²) in [6, 6.07) is -10.5. The summed E-state index contributed by atoms with van der Waals surface area (Å²) < 4.78 is 255. The SMILES string of the molecule is [2H]c1c([2H])c(-n2c3c([2H])c([2H])c([2H])c([2H])c3c3c([2H])c([2H])c([2H])c([2H])c32)c(-c2nc(-n3c4ccccc4c4c([2H])c([2H])c([2H])c([2H])c43)nc(-n3c4ccccc4c4c([2H])c([2H])c([2H])c([2H])c43)n2)c(-n2c3c([2H])c([2H])c([2H])c([2H])c3c3c([2H])c([2H])c([2H])c([2H])c32)c1[2H]. The number of para-hydroxylation sites is 8. The largest absolute Gasteiger partial charge is 0.308 e. The first-order valence-electron chi connectivity index (χ1n) is 32.9. The zero-order valence-corrected chi connectivity index (χ0v) is 32.2. The Labute approximate surface area is 403 Å². The van der Waals surface area contributed by atoms with Crippen LogP contribution in [-0.4, -0.2) is 33.2 Å². The van der Waals surface area contributed by atoms with E-state index in [2.05, 4.69) is 0 Å². The third-order valence-corrected chi connectivity index (χ3v) is 11.2. The first-order chi connectivity index (χ1) is 43.0. The van der Waals surface area contributed by atoms with E-state index in [1.165, 1.54) is 21.3 Å². The molecule has 7 heteroatoms. The number of benzene rings is 9. The highest BCUT2D eigenvalue weighted by Crippen LogP contribution is 2.42. The topological polar surface area (TPSA) is 58.4 Å². The first kappa shape index (κ1) is 17.9. The molecule has 0 bridgehead atoms. The van der Waals surface area contributed by atoms with Crippen molar-refractivity contribution in [3.63, 3.8) is 0 Å². The van der Waals surface area contributed by atoms with Gasteiger partial charge < -0.3 is 9.13 Å². The summed E-state index contributed by atoms with van der Waals surface area (Å²) in [5.74, 6) is -2.10. The van der Waals surface area contributed by atoms with Crippen molar-refractivity contribution in [2.24, 2.45) is 0 Å². The molecule has 5 heterocycles. The molecule has 298 valence electrons. The minimum Gasteiger partial charge on any atom is -0.308 e. The molecule has 0 radical (unpaired) electrons. The van der Waals surface area contributed by atoms with Gasteiger partial charge in [-0.1, -0.05) is 151 Å². The van der Waals surface area contributed by atoms with Crippen LogP contribution in [-0.2, 0) is 0 Å². The lowest BCUT2D eigenvalue weighted by molar-refractivity contribution is 0.890. The van der Waals surface area contributed by atoms with Crippen LogP contribution in [0.4, 0.5) is 0 Å². The third-order valence-electron chi connectivity index (χ3n) is 11.2. The average Bonchev–Trinajstić information content (AvgIpc) is 1.56. The van der Waals surface area contributed by atoms with Crippen LogP contribution in [0.25, 0.3) is 122 Å². The van der Waals surface area contributed by atoms with E-state index in [9.17, 15) is 20.6 Å². The Kier molecular flexibility index (Phi) is 3.73. The molecule has 0 aliphatic carbocycles. The number of hydrogen-bond acceptors (Lipinski definition) is 3. The molecule has 0 saturated carbocycles. The Bertz CT molecular complexity index is 5330. The summed E-state index contributed by atoms with van der Waals surface area (Å²) in [7, 11) is 0. The van der Waals surface area contributed by atoms with Crippen LogP contribution in [0.15, 0.2) is 212 Å². The average molecular weight is 845 g/mol. The van der Waals surface area contributed by atoms with Gasteiger partial charge in [0.2, 0.25) is 11.9 Å². The molecule has 0 aliphatic heterocycles. The molecule has 0 fully saturated rings. The van der Waals surface area contributed by atoms with Crippen molar-refractivity contribution in [2.45, 2.75) is 0 Å². The zero-order valence-electron chi connectivity index (χ0n) is 59.2. The zero-order chi connectivity index (χ0) is 65.4. The molecule has 0 aliphatic rings. The van der Waals surface area contributed by atoms with Crippen molar-refractivity contribution in [3.8, 4) is 34.7 Å². The van der Waals surface area contributed by atoms with Gasteiger partial charge in [-0.05, 0) is 60.5 Å². The molecule has 9 aromatic carbocycles. The van der Waals surface area contributed by atoms with Gasteiger partial charge in [0.1, 0.15) is 0 Å². The van der Waals surface area contributed by atoms with Crippen LogP contribution in [0.2, 0.25) is 0 Å². The lowest BCUT2D eigenvalue weighted by atomic mass is 10.1. The van der Waals surface area contributed by atoms with E-state index in [4.69, 9.17) is 31.4 Å². The fourth-order valence-corrected chi connectivity index (χ4v) is 8.64. The van der Waals surface area contributed by atoms with Crippen LogP contribution >= 0.6 is 0 Å². The quantitative estimate of drug-likeness (QED) is 0.173. The highest BCUT2D eigenvalue weighted by molar-refractivity contribution is 6.13. The van der Waals surface area contributed by atoms with Gasteiger partial charge in [-0.2, -0.15) is 15.0 Å². The standard InChI is InChI=1S/C57H35N7/c1-9-26-44-36(18-1)37-19-2-10-27-45(37)61(44)52-34-17-35-53(62-46-28-11-3-20-38(46)39-21-4-12-29-47(39)62)54(52)55-58-56(63-48-30-13-5-22-40(48)41-23-6-14-31-49(41)63)60-57(59-55)64-50-32-15-7-24-42(50)43-25-8-16-33-51(43)64/h1-35H/i1D,2D,3D,4D,5D,7D,9D,10D,11D,12D,13D,15D,17D,18D,19D,20D,21D,22D,24D,26D,27D,28D,29D,30D,32D,34D,35D. The van der Waals surface area contributed by atoms with E-state index in [1.54, 1.807) is 36.4 Å².